The molecule has 2 rings (SSSR count). The Morgan fingerprint density at radius 1 is 1.10 bits per heavy atom. The average Bonchev–Trinajstić information content (AvgIpc) is 2.52. The van der Waals surface area contributed by atoms with Crippen molar-refractivity contribution >= 4 is 0 Å². The Kier molecular flexibility index (Phi) is 3.51. The number of methoxy groups -OCH3 is 2. The van der Waals surface area contributed by atoms with Gasteiger partial charge in [0, 0.05) is 18.1 Å². The second kappa shape index (κ2) is 4.64. The van der Waals surface area contributed by atoms with E-state index in [1.54, 1.807) is 20.3 Å². The lowest BCUT2D eigenvalue weighted by Crippen LogP contribution is -2.43. The molecule has 0 bridgehead atoms. The van der Waals surface area contributed by atoms with Crippen molar-refractivity contribution in [3.8, 4) is 11.5 Å². The van der Waals surface area contributed by atoms with Crippen molar-refractivity contribution in [2.24, 2.45) is 0 Å². The molecule has 1 fully saturated rings. The molecule has 1 aliphatic rings. The molecule has 1 saturated heterocycles. The van der Waals surface area contributed by atoms with E-state index in [-0.39, 0.29) is 5.60 Å². The van der Waals surface area contributed by atoms with Gasteiger partial charge in [-0.2, -0.15) is 0 Å². The Morgan fingerprint density at radius 2 is 1.75 bits per heavy atom. The normalized spacial score (nSPS) is 27.4. The van der Waals surface area contributed by atoms with E-state index < -0.39 is 11.2 Å². The Labute approximate surface area is 120 Å². The first kappa shape index (κ1) is 15.1. The van der Waals surface area contributed by atoms with Crippen LogP contribution in [0.3, 0.4) is 0 Å². The van der Waals surface area contributed by atoms with E-state index in [4.69, 9.17) is 14.2 Å². The Hall–Kier alpha value is -1.26. The summed E-state index contributed by atoms with van der Waals surface area (Å²) < 4.78 is 16.7. The molecule has 4 heteroatoms. The molecule has 1 aliphatic heterocycles. The second-order valence-corrected chi connectivity index (χ2v) is 6.48. The van der Waals surface area contributed by atoms with Crippen LogP contribution in [0.15, 0.2) is 18.2 Å². The fourth-order valence-electron chi connectivity index (χ4n) is 3.20. The van der Waals surface area contributed by atoms with Crippen LogP contribution in [0.5, 0.6) is 11.5 Å². The van der Waals surface area contributed by atoms with Crippen molar-refractivity contribution in [3.63, 3.8) is 0 Å². The van der Waals surface area contributed by atoms with Crippen LogP contribution < -0.4 is 9.47 Å². The molecule has 0 spiro atoms. The fourth-order valence-corrected chi connectivity index (χ4v) is 3.20. The second-order valence-electron chi connectivity index (χ2n) is 6.48. The highest BCUT2D eigenvalue weighted by Gasteiger charge is 2.58. The smallest absolute Gasteiger partial charge is 0.128 e. The predicted molar refractivity (Wildman–Crippen MR) is 77.3 cm³/mol. The van der Waals surface area contributed by atoms with Crippen LogP contribution in [0, 0.1) is 0 Å². The van der Waals surface area contributed by atoms with Gasteiger partial charge in [0.25, 0.3) is 0 Å². The molecule has 1 unspecified atom stereocenters. The lowest BCUT2D eigenvalue weighted by Gasteiger charge is -2.36. The number of aliphatic hydroxyl groups is 1. The van der Waals surface area contributed by atoms with Crippen molar-refractivity contribution in [2.45, 2.75) is 50.9 Å². The number of benzene rings is 1. The van der Waals surface area contributed by atoms with Gasteiger partial charge in [-0.1, -0.05) is 0 Å². The summed E-state index contributed by atoms with van der Waals surface area (Å²) in [6.45, 7) is 7.79. The Morgan fingerprint density at radius 3 is 2.20 bits per heavy atom. The van der Waals surface area contributed by atoms with Crippen LogP contribution in [-0.4, -0.2) is 30.5 Å². The topological polar surface area (TPSA) is 47.9 Å². The largest absolute Gasteiger partial charge is 0.497 e. The summed E-state index contributed by atoms with van der Waals surface area (Å²) in [5.41, 5.74) is -1.45. The molecular formula is C16H24O4. The summed E-state index contributed by atoms with van der Waals surface area (Å²) in [4.78, 5) is 0. The number of rotatable bonds is 3. The third-order valence-corrected chi connectivity index (χ3v) is 4.06. The first-order valence-electron chi connectivity index (χ1n) is 6.80. The van der Waals surface area contributed by atoms with E-state index in [2.05, 4.69) is 0 Å². The number of hydrogen-bond donors (Lipinski definition) is 1. The van der Waals surface area contributed by atoms with Gasteiger partial charge in [-0.05, 0) is 39.8 Å². The zero-order valence-electron chi connectivity index (χ0n) is 13.1. The van der Waals surface area contributed by atoms with Crippen molar-refractivity contribution < 1.29 is 19.3 Å². The summed E-state index contributed by atoms with van der Waals surface area (Å²) >= 11 is 0. The highest BCUT2D eigenvalue weighted by atomic mass is 16.6. The first-order chi connectivity index (χ1) is 9.15. The quantitative estimate of drug-likeness (QED) is 0.925. The molecule has 20 heavy (non-hydrogen) atoms. The Bertz CT molecular complexity index is 507. The van der Waals surface area contributed by atoms with Crippen molar-refractivity contribution in [3.05, 3.63) is 23.8 Å². The minimum Gasteiger partial charge on any atom is -0.497 e. The summed E-state index contributed by atoms with van der Waals surface area (Å²) in [7, 11) is 3.20. The molecule has 0 aromatic heterocycles. The highest BCUT2D eigenvalue weighted by molar-refractivity contribution is 5.46. The summed E-state index contributed by atoms with van der Waals surface area (Å²) in [5.74, 6) is 1.31. The van der Waals surface area contributed by atoms with Crippen molar-refractivity contribution in [1.29, 1.82) is 0 Å². The molecule has 1 atom stereocenters. The molecule has 1 heterocycles. The molecule has 0 radical (unpaired) electrons. The van der Waals surface area contributed by atoms with Gasteiger partial charge in [-0.3, -0.25) is 0 Å². The maximum atomic E-state index is 11.3. The summed E-state index contributed by atoms with van der Waals surface area (Å²) in [6.07, 6.45) is 0.510. The van der Waals surface area contributed by atoms with E-state index in [0.29, 0.717) is 17.9 Å². The van der Waals surface area contributed by atoms with Gasteiger partial charge in [0.2, 0.25) is 0 Å². The average molecular weight is 280 g/mol. The van der Waals surface area contributed by atoms with Gasteiger partial charge in [0.05, 0.1) is 25.4 Å². The molecule has 4 nitrogen and oxygen atoms in total. The molecular weight excluding hydrogens is 256 g/mol. The van der Waals surface area contributed by atoms with Gasteiger partial charge in [0.15, 0.2) is 0 Å². The third-order valence-electron chi connectivity index (χ3n) is 4.06. The first-order valence-corrected chi connectivity index (χ1v) is 6.80. The van der Waals surface area contributed by atoms with E-state index >= 15 is 0 Å². The van der Waals surface area contributed by atoms with Crippen LogP contribution in [0.2, 0.25) is 0 Å². The predicted octanol–water partition coefficient (Wildman–Crippen LogP) is 2.87. The van der Waals surface area contributed by atoms with Gasteiger partial charge in [0.1, 0.15) is 17.1 Å². The fraction of sp³-hybridized carbons (Fsp3) is 0.625. The van der Waals surface area contributed by atoms with E-state index in [1.807, 2.05) is 39.8 Å². The SMILES string of the molecule is COc1ccc(C2(O)CC(C)(C)OC2(C)C)c(OC)c1. The van der Waals surface area contributed by atoms with Crippen LogP contribution in [0.4, 0.5) is 0 Å². The van der Waals surface area contributed by atoms with Crippen LogP contribution >= 0.6 is 0 Å². The lowest BCUT2D eigenvalue weighted by molar-refractivity contribution is -0.130. The maximum absolute atomic E-state index is 11.3. The summed E-state index contributed by atoms with van der Waals surface area (Å²) in [5, 5.41) is 11.3. The van der Waals surface area contributed by atoms with Gasteiger partial charge in [-0.25, -0.2) is 0 Å². The van der Waals surface area contributed by atoms with Crippen molar-refractivity contribution in [2.75, 3.05) is 14.2 Å². The minimum atomic E-state index is -1.10. The monoisotopic (exact) mass is 280 g/mol. The number of hydrogen-bond acceptors (Lipinski definition) is 4. The molecule has 1 aromatic carbocycles. The number of ether oxygens (including phenoxy) is 3. The molecule has 0 amide bonds. The third kappa shape index (κ3) is 2.27. The van der Waals surface area contributed by atoms with Gasteiger partial charge >= 0.3 is 0 Å². The Balaban J connectivity index is 2.55. The van der Waals surface area contributed by atoms with Crippen LogP contribution in [0.1, 0.15) is 39.7 Å². The van der Waals surface area contributed by atoms with Crippen LogP contribution in [0.25, 0.3) is 0 Å². The minimum absolute atomic E-state index is 0.386. The maximum Gasteiger partial charge on any atom is 0.128 e. The van der Waals surface area contributed by atoms with Gasteiger partial charge < -0.3 is 19.3 Å². The van der Waals surface area contributed by atoms with E-state index in [1.165, 1.54) is 0 Å². The van der Waals surface area contributed by atoms with E-state index in [9.17, 15) is 5.11 Å². The van der Waals surface area contributed by atoms with Gasteiger partial charge in [-0.15, -0.1) is 0 Å². The molecule has 112 valence electrons. The standard InChI is InChI=1S/C16H24O4/c1-14(2)10-16(17,15(3,4)20-14)12-8-7-11(18-5)9-13(12)19-6/h7-9,17H,10H2,1-6H3. The zero-order chi connectivity index (χ0) is 15.2. The lowest BCUT2D eigenvalue weighted by atomic mass is 9.76. The summed E-state index contributed by atoms with van der Waals surface area (Å²) in [6, 6.07) is 5.47. The molecule has 1 N–H and O–H groups in total. The highest BCUT2D eigenvalue weighted by Crippen LogP contribution is 2.53. The van der Waals surface area contributed by atoms with Crippen molar-refractivity contribution in [1.82, 2.24) is 0 Å². The van der Waals surface area contributed by atoms with E-state index in [0.717, 1.165) is 5.56 Å². The van der Waals surface area contributed by atoms with Crippen LogP contribution in [-0.2, 0) is 10.3 Å². The molecule has 0 aliphatic carbocycles. The zero-order valence-corrected chi connectivity index (χ0v) is 13.1. The molecule has 1 aromatic rings. The molecule has 0 saturated carbocycles.